The summed E-state index contributed by atoms with van der Waals surface area (Å²) < 4.78 is 24.9. The first-order chi connectivity index (χ1) is 16.1. The van der Waals surface area contributed by atoms with E-state index in [4.69, 9.17) is 18.9 Å². The Morgan fingerprint density at radius 2 is 1.12 bits per heavy atom. The Hall–Kier alpha value is -3.92. The fourth-order valence-electron chi connectivity index (χ4n) is 4.65. The third-order valence-electron chi connectivity index (χ3n) is 6.06. The van der Waals surface area contributed by atoms with E-state index in [2.05, 4.69) is 12.1 Å². The lowest BCUT2D eigenvalue weighted by atomic mass is 9.96. The Balaban J connectivity index is 1.37. The predicted octanol–water partition coefficient (Wildman–Crippen LogP) is 2.64. The first kappa shape index (κ1) is 19.7. The lowest BCUT2D eigenvalue weighted by molar-refractivity contribution is -0.157. The number of ether oxygens (including phenoxy) is 4. The van der Waals surface area contributed by atoms with E-state index < -0.39 is 5.79 Å². The summed E-state index contributed by atoms with van der Waals surface area (Å²) in [6.07, 6.45) is 15.2. The van der Waals surface area contributed by atoms with E-state index in [1.54, 1.807) is 0 Å². The molecule has 2 atom stereocenters. The van der Waals surface area contributed by atoms with Crippen LogP contribution in [-0.2, 0) is 18.9 Å². The van der Waals surface area contributed by atoms with Gasteiger partial charge < -0.3 is 18.9 Å². The number of allylic oxidation sites excluding steroid dienone is 4. The monoisotopic (exact) mass is 436 g/mol. The molecule has 0 fully saturated rings. The van der Waals surface area contributed by atoms with Gasteiger partial charge in [0.1, 0.15) is 23.7 Å². The summed E-state index contributed by atoms with van der Waals surface area (Å²) in [6.45, 7) is 3.86. The normalized spacial score (nSPS) is 22.0. The molecule has 0 radical (unpaired) electrons. The van der Waals surface area contributed by atoms with Crippen molar-refractivity contribution in [1.82, 2.24) is 0 Å². The van der Waals surface area contributed by atoms with Gasteiger partial charge in [-0.1, -0.05) is 60.7 Å². The maximum Gasteiger partial charge on any atom is 0.245 e. The summed E-state index contributed by atoms with van der Waals surface area (Å²) in [5.74, 6) is 0.556. The zero-order chi connectivity index (χ0) is 22.4. The van der Waals surface area contributed by atoms with Gasteiger partial charge in [0.15, 0.2) is 0 Å². The largest absolute Gasteiger partial charge is 0.488 e. The van der Waals surface area contributed by atoms with Gasteiger partial charge >= 0.3 is 0 Å². The van der Waals surface area contributed by atoms with Crippen LogP contribution in [0.15, 0.2) is 96.5 Å². The zero-order valence-electron chi connectivity index (χ0n) is 18.5. The van der Waals surface area contributed by atoms with Crippen LogP contribution in [0, 0.1) is 0 Å². The van der Waals surface area contributed by atoms with Crippen LogP contribution in [0.25, 0.3) is 23.7 Å². The standard InChI is InChI=1S/C29H24O4/c1-29(2,32-25-15-7-13-23-27(25)21-11-5-3-9-19(21)17-30-23)33-26-16-8-14-24-28(26)22-12-6-4-10-20(22)18-31-24/h3-18,23-24H,1-2H3. The van der Waals surface area contributed by atoms with E-state index in [0.29, 0.717) is 0 Å². The van der Waals surface area contributed by atoms with Crippen LogP contribution in [0.2, 0.25) is 0 Å². The Kier molecular flexibility index (Phi) is 4.54. The molecule has 2 aliphatic carbocycles. The molecule has 2 aromatic carbocycles. The van der Waals surface area contributed by atoms with Crippen molar-refractivity contribution in [2.24, 2.45) is 0 Å². The van der Waals surface area contributed by atoms with E-state index in [9.17, 15) is 0 Å². The van der Waals surface area contributed by atoms with Gasteiger partial charge in [0, 0.05) is 35.4 Å². The van der Waals surface area contributed by atoms with E-state index in [0.717, 1.165) is 43.5 Å². The highest BCUT2D eigenvalue weighted by atomic mass is 16.7. The number of benzene rings is 2. The molecule has 0 aromatic heterocycles. The topological polar surface area (TPSA) is 36.9 Å². The molecule has 33 heavy (non-hydrogen) atoms. The molecule has 2 aromatic rings. The second-order valence-corrected chi connectivity index (χ2v) is 8.79. The minimum atomic E-state index is -0.935. The average Bonchev–Trinajstić information content (AvgIpc) is 2.83. The molecule has 0 spiro atoms. The van der Waals surface area contributed by atoms with Gasteiger partial charge in [-0.15, -0.1) is 0 Å². The van der Waals surface area contributed by atoms with Crippen molar-refractivity contribution >= 4 is 23.7 Å². The van der Waals surface area contributed by atoms with Gasteiger partial charge in [0.25, 0.3) is 0 Å². The van der Waals surface area contributed by atoms with Crippen LogP contribution in [0.3, 0.4) is 0 Å². The number of hydrogen-bond donors (Lipinski definition) is 0. The van der Waals surface area contributed by atoms with Crippen molar-refractivity contribution in [3.8, 4) is 0 Å². The van der Waals surface area contributed by atoms with Crippen LogP contribution in [0.1, 0.15) is 13.8 Å². The van der Waals surface area contributed by atoms with Crippen LogP contribution >= 0.6 is 0 Å². The van der Waals surface area contributed by atoms with Crippen LogP contribution < -0.4 is 20.9 Å². The maximum atomic E-state index is 6.51. The summed E-state index contributed by atoms with van der Waals surface area (Å²) in [5, 5.41) is 4.30. The van der Waals surface area contributed by atoms with Gasteiger partial charge in [0.05, 0.1) is 12.5 Å². The molecular weight excluding hydrogens is 412 g/mol. The van der Waals surface area contributed by atoms with Crippen molar-refractivity contribution in [3.63, 3.8) is 0 Å². The van der Waals surface area contributed by atoms with Gasteiger partial charge in [-0.2, -0.15) is 0 Å². The molecule has 4 aliphatic rings. The first-order valence-corrected chi connectivity index (χ1v) is 11.1. The quantitative estimate of drug-likeness (QED) is 0.691. The fourth-order valence-corrected chi connectivity index (χ4v) is 4.65. The molecule has 0 bridgehead atoms. The van der Waals surface area contributed by atoms with Gasteiger partial charge in [0.2, 0.25) is 5.79 Å². The highest BCUT2D eigenvalue weighted by Gasteiger charge is 2.33. The summed E-state index contributed by atoms with van der Waals surface area (Å²) in [7, 11) is 0. The summed E-state index contributed by atoms with van der Waals surface area (Å²) in [4.78, 5) is 0. The number of rotatable bonds is 4. The van der Waals surface area contributed by atoms with Gasteiger partial charge in [-0.25, -0.2) is 0 Å². The highest BCUT2D eigenvalue weighted by molar-refractivity contribution is 5.72. The van der Waals surface area contributed by atoms with Crippen molar-refractivity contribution in [2.45, 2.75) is 31.8 Å². The van der Waals surface area contributed by atoms with Crippen molar-refractivity contribution in [3.05, 3.63) is 117 Å². The minimum absolute atomic E-state index is 0.180. The Morgan fingerprint density at radius 3 is 1.61 bits per heavy atom. The molecule has 164 valence electrons. The molecule has 2 aliphatic heterocycles. The van der Waals surface area contributed by atoms with Crippen molar-refractivity contribution in [1.29, 1.82) is 0 Å². The van der Waals surface area contributed by atoms with E-state index in [1.165, 1.54) is 0 Å². The molecule has 6 rings (SSSR count). The Labute approximate surface area is 192 Å². The smallest absolute Gasteiger partial charge is 0.245 e. The van der Waals surface area contributed by atoms with Gasteiger partial charge in [-0.05, 0) is 34.7 Å². The fraction of sp³-hybridized carbons (Fsp3) is 0.172. The maximum absolute atomic E-state index is 6.51. The number of hydrogen-bond acceptors (Lipinski definition) is 4. The molecule has 0 amide bonds. The minimum Gasteiger partial charge on any atom is -0.488 e. The van der Waals surface area contributed by atoms with Crippen LogP contribution in [0.4, 0.5) is 0 Å². The molecule has 0 N–H and O–H groups in total. The molecule has 0 saturated carbocycles. The lowest BCUT2D eigenvalue weighted by Crippen LogP contribution is -2.40. The number of fused-ring (bicyclic) bond motifs is 4. The van der Waals surface area contributed by atoms with Crippen molar-refractivity contribution < 1.29 is 18.9 Å². The lowest BCUT2D eigenvalue weighted by Gasteiger charge is -2.35. The SMILES string of the molecule is CC(C)(OC1=CC=CC2OC=c3ccccc3=C12)OC1=CC=CC2OC=c3ccccc3=C12. The Bertz CT molecular complexity index is 1390. The van der Waals surface area contributed by atoms with Crippen LogP contribution in [-0.4, -0.2) is 18.0 Å². The second kappa shape index (κ2) is 7.59. The Morgan fingerprint density at radius 1 is 0.667 bits per heavy atom. The molecule has 4 heteroatoms. The molecular formula is C29H24O4. The summed E-state index contributed by atoms with van der Waals surface area (Å²) >= 11 is 0. The first-order valence-electron chi connectivity index (χ1n) is 11.1. The van der Waals surface area contributed by atoms with E-state index >= 15 is 0 Å². The van der Waals surface area contributed by atoms with Crippen LogP contribution in [0.5, 0.6) is 0 Å². The summed E-state index contributed by atoms with van der Waals surface area (Å²) in [6, 6.07) is 16.4. The zero-order valence-corrected chi connectivity index (χ0v) is 18.5. The average molecular weight is 437 g/mol. The summed E-state index contributed by atoms with van der Waals surface area (Å²) in [5.41, 5.74) is 2.02. The molecule has 2 unspecified atom stereocenters. The van der Waals surface area contributed by atoms with Gasteiger partial charge in [-0.3, -0.25) is 0 Å². The third kappa shape index (κ3) is 3.48. The predicted molar refractivity (Wildman–Crippen MR) is 128 cm³/mol. The second-order valence-electron chi connectivity index (χ2n) is 8.79. The van der Waals surface area contributed by atoms with E-state index in [-0.39, 0.29) is 12.2 Å². The molecule has 2 heterocycles. The highest BCUT2D eigenvalue weighted by Crippen LogP contribution is 2.34. The molecule has 0 saturated heterocycles. The molecule has 4 nitrogen and oxygen atoms in total. The van der Waals surface area contributed by atoms with E-state index in [1.807, 2.05) is 99.2 Å². The third-order valence-corrected chi connectivity index (χ3v) is 6.06. The van der Waals surface area contributed by atoms with Crippen molar-refractivity contribution in [2.75, 3.05) is 0 Å².